The molecule has 0 spiro atoms. The van der Waals surface area contributed by atoms with Gasteiger partial charge in [-0.1, -0.05) is 51.5 Å². The van der Waals surface area contributed by atoms with E-state index in [0.717, 1.165) is 41.7 Å². The van der Waals surface area contributed by atoms with Gasteiger partial charge < -0.3 is 4.98 Å². The summed E-state index contributed by atoms with van der Waals surface area (Å²) in [5.74, 6) is 0.338. The highest BCUT2D eigenvalue weighted by Gasteiger charge is 2.21. The maximum Gasteiger partial charge on any atom is 0.209 e. The van der Waals surface area contributed by atoms with Gasteiger partial charge in [-0.05, 0) is 29.5 Å². The number of sulfonamides is 1. The van der Waals surface area contributed by atoms with Gasteiger partial charge in [0.25, 0.3) is 0 Å². The molecular weight excluding hydrogens is 415 g/mol. The van der Waals surface area contributed by atoms with E-state index in [1.54, 1.807) is 6.07 Å². The predicted molar refractivity (Wildman–Crippen MR) is 120 cm³/mol. The van der Waals surface area contributed by atoms with Crippen molar-refractivity contribution in [1.29, 1.82) is 0 Å². The lowest BCUT2D eigenvalue weighted by atomic mass is 9.85. The monoisotopic (exact) mass is 444 g/mol. The van der Waals surface area contributed by atoms with Crippen LogP contribution in [0, 0.1) is 11.2 Å². The van der Waals surface area contributed by atoms with E-state index in [-0.39, 0.29) is 5.41 Å². The van der Waals surface area contributed by atoms with Crippen molar-refractivity contribution in [3.05, 3.63) is 71.7 Å². The van der Waals surface area contributed by atoms with Gasteiger partial charge in [-0.2, -0.15) is 0 Å². The molecular formula is C23H29FN4O2S. The van der Waals surface area contributed by atoms with Crippen LogP contribution in [0.5, 0.6) is 0 Å². The summed E-state index contributed by atoms with van der Waals surface area (Å²) < 4.78 is 39.8. The molecule has 0 saturated carbocycles. The molecule has 3 aromatic rings. The van der Waals surface area contributed by atoms with E-state index in [9.17, 15) is 12.8 Å². The maximum absolute atomic E-state index is 13.1. The van der Waals surface area contributed by atoms with Gasteiger partial charge in [0.05, 0.1) is 29.9 Å². The highest BCUT2D eigenvalue weighted by molar-refractivity contribution is 7.88. The zero-order valence-corrected chi connectivity index (χ0v) is 19.1. The number of aromatic nitrogens is 3. The minimum Gasteiger partial charge on any atom is -0.348 e. The predicted octanol–water partition coefficient (Wildman–Crippen LogP) is 4.42. The third-order valence-electron chi connectivity index (χ3n) is 5.39. The number of imidazole rings is 1. The third-order valence-corrected chi connectivity index (χ3v) is 6.10. The van der Waals surface area contributed by atoms with Gasteiger partial charge in [-0.15, -0.1) is 0 Å². The molecule has 2 aromatic heterocycles. The van der Waals surface area contributed by atoms with E-state index in [4.69, 9.17) is 0 Å². The molecule has 0 amide bonds. The van der Waals surface area contributed by atoms with Crippen LogP contribution in [-0.4, -0.2) is 29.6 Å². The molecule has 1 unspecified atom stereocenters. The van der Waals surface area contributed by atoms with Crippen LogP contribution in [0.4, 0.5) is 4.39 Å². The number of nitrogens with one attached hydrogen (secondary N) is 2. The second kappa shape index (κ2) is 9.28. The molecule has 0 fully saturated rings. The minimum absolute atomic E-state index is 0.154. The van der Waals surface area contributed by atoms with Crippen molar-refractivity contribution >= 4 is 10.0 Å². The third kappa shape index (κ3) is 6.70. The Bertz CT molecular complexity index is 1110. The first-order valence-corrected chi connectivity index (χ1v) is 12.2. The van der Waals surface area contributed by atoms with E-state index in [0.29, 0.717) is 12.1 Å². The average molecular weight is 445 g/mol. The van der Waals surface area contributed by atoms with Gasteiger partial charge in [-0.25, -0.2) is 22.5 Å². The average Bonchev–Trinajstić information content (AvgIpc) is 3.13. The molecule has 1 aromatic carbocycles. The quantitative estimate of drug-likeness (QED) is 0.511. The highest BCUT2D eigenvalue weighted by Crippen LogP contribution is 2.26. The summed E-state index contributed by atoms with van der Waals surface area (Å²) in [6.07, 6.45) is 6.51. The van der Waals surface area contributed by atoms with Crippen LogP contribution in [0.25, 0.3) is 11.3 Å². The number of hydrogen-bond donors (Lipinski definition) is 2. The topological polar surface area (TPSA) is 87.7 Å². The highest BCUT2D eigenvalue weighted by atomic mass is 32.2. The summed E-state index contributed by atoms with van der Waals surface area (Å²) in [6.45, 7) is 6.56. The Labute approximate surface area is 183 Å². The molecule has 2 N–H and O–H groups in total. The zero-order valence-electron chi connectivity index (χ0n) is 18.3. The number of halogens is 1. The van der Waals surface area contributed by atoms with Gasteiger partial charge in [0, 0.05) is 18.2 Å². The Morgan fingerprint density at radius 2 is 1.87 bits per heavy atom. The summed E-state index contributed by atoms with van der Waals surface area (Å²) in [6, 6.07) is 9.91. The van der Waals surface area contributed by atoms with Crippen LogP contribution >= 0.6 is 0 Å². The van der Waals surface area contributed by atoms with Crippen LogP contribution in [0.1, 0.15) is 50.3 Å². The Morgan fingerprint density at radius 3 is 2.45 bits per heavy atom. The van der Waals surface area contributed by atoms with E-state index < -0.39 is 21.9 Å². The molecule has 0 saturated heterocycles. The van der Waals surface area contributed by atoms with Gasteiger partial charge >= 0.3 is 0 Å². The summed E-state index contributed by atoms with van der Waals surface area (Å²) in [4.78, 5) is 12.0. The van der Waals surface area contributed by atoms with Crippen LogP contribution in [0.3, 0.4) is 0 Å². The molecule has 0 aliphatic rings. The SMILES string of the molecule is CCC(C)(C)Cc1c[nH]c(CC(NS(C)(=O)=O)c2ccc(-c3ccc(F)cn3)cc2)n1. The molecule has 0 radical (unpaired) electrons. The molecule has 1 atom stereocenters. The van der Waals surface area contributed by atoms with E-state index in [2.05, 4.69) is 40.4 Å². The number of hydrogen-bond acceptors (Lipinski definition) is 4. The molecule has 2 heterocycles. The molecule has 31 heavy (non-hydrogen) atoms. The van der Waals surface area contributed by atoms with Crippen LogP contribution < -0.4 is 4.72 Å². The molecule has 0 aliphatic heterocycles. The molecule has 6 nitrogen and oxygen atoms in total. The van der Waals surface area contributed by atoms with E-state index in [1.807, 2.05) is 30.5 Å². The van der Waals surface area contributed by atoms with Gasteiger partial charge in [0.2, 0.25) is 10.0 Å². The molecule has 3 rings (SSSR count). The minimum atomic E-state index is -3.43. The number of H-pyrrole nitrogens is 1. The Hall–Kier alpha value is -2.58. The second-order valence-corrected chi connectivity index (χ2v) is 10.4. The molecule has 8 heteroatoms. The fourth-order valence-electron chi connectivity index (χ4n) is 3.33. The van der Waals surface area contributed by atoms with E-state index in [1.165, 1.54) is 12.3 Å². The largest absolute Gasteiger partial charge is 0.348 e. The second-order valence-electron chi connectivity index (χ2n) is 8.66. The fraction of sp³-hybridized carbons (Fsp3) is 0.391. The Morgan fingerprint density at radius 1 is 1.16 bits per heavy atom. The number of aromatic amines is 1. The van der Waals surface area contributed by atoms with Crippen LogP contribution in [-0.2, 0) is 22.9 Å². The van der Waals surface area contributed by atoms with Crippen molar-refractivity contribution in [3.8, 4) is 11.3 Å². The first-order chi connectivity index (χ1) is 14.5. The lowest BCUT2D eigenvalue weighted by molar-refractivity contribution is 0.346. The van der Waals surface area contributed by atoms with Gasteiger partial charge in [0.15, 0.2) is 0 Å². The van der Waals surface area contributed by atoms with Crippen molar-refractivity contribution < 1.29 is 12.8 Å². The van der Waals surface area contributed by atoms with E-state index >= 15 is 0 Å². The van der Waals surface area contributed by atoms with Crippen LogP contribution in [0.2, 0.25) is 0 Å². The van der Waals surface area contributed by atoms with Crippen molar-refractivity contribution in [3.63, 3.8) is 0 Å². The van der Waals surface area contributed by atoms with Crippen molar-refractivity contribution in [2.45, 2.75) is 46.1 Å². The normalized spacial score (nSPS) is 13.3. The van der Waals surface area contributed by atoms with Crippen LogP contribution in [0.15, 0.2) is 48.8 Å². The molecule has 166 valence electrons. The van der Waals surface area contributed by atoms with Gasteiger partial charge in [0.1, 0.15) is 11.6 Å². The fourth-order valence-corrected chi connectivity index (χ4v) is 4.06. The number of nitrogens with zero attached hydrogens (tertiary/aromatic N) is 2. The lowest BCUT2D eigenvalue weighted by Crippen LogP contribution is -2.29. The summed E-state index contributed by atoms with van der Waals surface area (Å²) in [5.41, 5.74) is 3.40. The molecule has 0 bridgehead atoms. The Kier molecular flexibility index (Phi) is 6.91. The summed E-state index contributed by atoms with van der Waals surface area (Å²) in [5, 5.41) is 0. The smallest absolute Gasteiger partial charge is 0.209 e. The molecule has 0 aliphatic carbocycles. The van der Waals surface area contributed by atoms with Gasteiger partial charge in [-0.3, -0.25) is 4.98 Å². The number of pyridine rings is 1. The first-order valence-electron chi connectivity index (χ1n) is 10.3. The zero-order chi connectivity index (χ0) is 22.6. The lowest BCUT2D eigenvalue weighted by Gasteiger charge is -2.20. The first kappa shape index (κ1) is 23.1. The maximum atomic E-state index is 13.1. The Balaban J connectivity index is 1.81. The van der Waals surface area contributed by atoms with Crippen molar-refractivity contribution in [2.75, 3.05) is 6.26 Å². The number of benzene rings is 1. The van der Waals surface area contributed by atoms with Crippen molar-refractivity contribution in [2.24, 2.45) is 5.41 Å². The number of rotatable bonds is 9. The summed E-state index contributed by atoms with van der Waals surface area (Å²) in [7, 11) is -3.43. The summed E-state index contributed by atoms with van der Waals surface area (Å²) >= 11 is 0. The van der Waals surface area contributed by atoms with Crippen molar-refractivity contribution in [1.82, 2.24) is 19.7 Å². The standard InChI is InChI=1S/C23H29FN4O2S/c1-5-23(2,3)13-19-15-26-22(27-19)12-21(28-31(4,29)30)17-8-6-16(7-9-17)20-11-10-18(24)14-25-20/h6-11,14-15,21,28H,5,12-13H2,1-4H3,(H,26,27).